The zero-order valence-electron chi connectivity index (χ0n) is 10.6. The summed E-state index contributed by atoms with van der Waals surface area (Å²) in [6.07, 6.45) is 4.97. The number of carbonyl (C=O) groups excluding carboxylic acids is 1. The minimum Gasteiger partial charge on any atom is -0.352 e. The monoisotopic (exact) mass is 244 g/mol. The Kier molecular flexibility index (Phi) is 3.08. The van der Waals surface area contributed by atoms with Crippen LogP contribution in [0.5, 0.6) is 0 Å². The molecule has 0 saturated heterocycles. The number of rotatable bonds is 2. The standard InChI is InChI=1S/C15H20N2O/c16-13-6-3-7-14(13)17-15(18)12-8-10-4-1-2-5-11(10)9-12/h1-2,4-5,12-14H,3,6-9,16H2,(H,17,18). The fourth-order valence-electron chi connectivity index (χ4n) is 3.21. The van der Waals surface area contributed by atoms with E-state index in [1.165, 1.54) is 11.1 Å². The summed E-state index contributed by atoms with van der Waals surface area (Å²) < 4.78 is 0. The molecular weight excluding hydrogens is 224 g/mol. The Labute approximate surface area is 108 Å². The summed E-state index contributed by atoms with van der Waals surface area (Å²) in [4.78, 5) is 12.2. The van der Waals surface area contributed by atoms with E-state index in [1.807, 2.05) is 12.1 Å². The molecule has 2 atom stereocenters. The quantitative estimate of drug-likeness (QED) is 0.826. The van der Waals surface area contributed by atoms with E-state index in [2.05, 4.69) is 17.4 Å². The molecule has 2 aliphatic carbocycles. The number of fused-ring (bicyclic) bond motifs is 1. The molecule has 0 aromatic heterocycles. The number of nitrogens with two attached hydrogens (primary N) is 1. The molecule has 2 unspecified atom stereocenters. The van der Waals surface area contributed by atoms with Crippen molar-refractivity contribution in [3.8, 4) is 0 Å². The van der Waals surface area contributed by atoms with Gasteiger partial charge in [0.2, 0.25) is 5.91 Å². The Morgan fingerprint density at radius 2 is 1.83 bits per heavy atom. The fraction of sp³-hybridized carbons (Fsp3) is 0.533. The van der Waals surface area contributed by atoms with Crippen LogP contribution in [0.15, 0.2) is 24.3 Å². The molecule has 0 radical (unpaired) electrons. The maximum atomic E-state index is 12.2. The minimum absolute atomic E-state index is 0.107. The number of carbonyl (C=O) groups is 1. The Morgan fingerprint density at radius 1 is 1.17 bits per heavy atom. The SMILES string of the molecule is NC1CCCC1NC(=O)C1Cc2ccccc2C1. The Hall–Kier alpha value is -1.35. The predicted molar refractivity (Wildman–Crippen MR) is 71.1 cm³/mol. The number of benzene rings is 1. The first-order valence-electron chi connectivity index (χ1n) is 6.87. The van der Waals surface area contributed by atoms with Crippen LogP contribution in [0.25, 0.3) is 0 Å². The average molecular weight is 244 g/mol. The second-order valence-electron chi connectivity index (χ2n) is 5.58. The molecule has 1 amide bonds. The molecule has 3 heteroatoms. The van der Waals surface area contributed by atoms with Gasteiger partial charge in [0.05, 0.1) is 0 Å². The summed E-state index contributed by atoms with van der Waals surface area (Å²) in [6, 6.07) is 8.70. The molecule has 3 nitrogen and oxygen atoms in total. The van der Waals surface area contributed by atoms with Crippen LogP contribution in [0.1, 0.15) is 30.4 Å². The van der Waals surface area contributed by atoms with Crippen molar-refractivity contribution in [2.45, 2.75) is 44.2 Å². The van der Waals surface area contributed by atoms with Crippen molar-refractivity contribution >= 4 is 5.91 Å². The molecular formula is C15H20N2O. The van der Waals surface area contributed by atoms with Gasteiger partial charge in [-0.3, -0.25) is 4.79 Å². The summed E-state index contributed by atoms with van der Waals surface area (Å²) in [5, 5.41) is 3.14. The summed E-state index contributed by atoms with van der Waals surface area (Å²) in [5.74, 6) is 0.295. The summed E-state index contributed by atoms with van der Waals surface area (Å²) in [6.45, 7) is 0. The van der Waals surface area contributed by atoms with E-state index in [-0.39, 0.29) is 23.9 Å². The molecule has 1 aromatic rings. The third-order valence-electron chi connectivity index (χ3n) is 4.32. The van der Waals surface area contributed by atoms with Crippen LogP contribution >= 0.6 is 0 Å². The second kappa shape index (κ2) is 4.73. The van der Waals surface area contributed by atoms with Crippen molar-refractivity contribution < 1.29 is 4.79 Å². The van der Waals surface area contributed by atoms with Crippen LogP contribution in [0.4, 0.5) is 0 Å². The first-order valence-corrected chi connectivity index (χ1v) is 6.87. The van der Waals surface area contributed by atoms with Gasteiger partial charge in [-0.2, -0.15) is 0 Å². The van der Waals surface area contributed by atoms with Crippen molar-refractivity contribution in [2.24, 2.45) is 11.7 Å². The van der Waals surface area contributed by atoms with Crippen molar-refractivity contribution in [3.05, 3.63) is 35.4 Å². The lowest BCUT2D eigenvalue weighted by atomic mass is 10.0. The predicted octanol–water partition coefficient (Wildman–Crippen LogP) is 1.40. The average Bonchev–Trinajstić information content (AvgIpc) is 2.96. The van der Waals surface area contributed by atoms with E-state index in [9.17, 15) is 4.79 Å². The lowest BCUT2D eigenvalue weighted by molar-refractivity contribution is -0.125. The van der Waals surface area contributed by atoms with Crippen LogP contribution in [0.2, 0.25) is 0 Å². The summed E-state index contributed by atoms with van der Waals surface area (Å²) >= 11 is 0. The van der Waals surface area contributed by atoms with Crippen molar-refractivity contribution in [2.75, 3.05) is 0 Å². The number of nitrogens with one attached hydrogen (secondary N) is 1. The van der Waals surface area contributed by atoms with E-state index in [0.717, 1.165) is 32.1 Å². The largest absolute Gasteiger partial charge is 0.352 e. The summed E-state index contributed by atoms with van der Waals surface area (Å²) in [7, 11) is 0. The molecule has 3 rings (SSSR count). The van der Waals surface area contributed by atoms with Crippen LogP contribution < -0.4 is 11.1 Å². The van der Waals surface area contributed by atoms with Gasteiger partial charge in [-0.15, -0.1) is 0 Å². The third kappa shape index (κ3) is 2.15. The molecule has 3 N–H and O–H groups in total. The number of hydrogen-bond acceptors (Lipinski definition) is 2. The van der Waals surface area contributed by atoms with Gasteiger partial charge < -0.3 is 11.1 Å². The molecule has 96 valence electrons. The molecule has 0 bridgehead atoms. The zero-order valence-corrected chi connectivity index (χ0v) is 10.6. The molecule has 0 spiro atoms. The van der Waals surface area contributed by atoms with Crippen LogP contribution in [0.3, 0.4) is 0 Å². The molecule has 0 aliphatic heterocycles. The number of amides is 1. The van der Waals surface area contributed by atoms with Crippen LogP contribution in [-0.2, 0) is 17.6 Å². The fourth-order valence-corrected chi connectivity index (χ4v) is 3.21. The maximum absolute atomic E-state index is 12.2. The third-order valence-corrected chi connectivity index (χ3v) is 4.32. The van der Waals surface area contributed by atoms with Gasteiger partial charge in [0, 0.05) is 18.0 Å². The lowest BCUT2D eigenvalue weighted by Gasteiger charge is -2.19. The van der Waals surface area contributed by atoms with Crippen molar-refractivity contribution in [3.63, 3.8) is 0 Å². The van der Waals surface area contributed by atoms with Crippen molar-refractivity contribution in [1.29, 1.82) is 0 Å². The smallest absolute Gasteiger partial charge is 0.224 e. The van der Waals surface area contributed by atoms with Crippen molar-refractivity contribution in [1.82, 2.24) is 5.32 Å². The van der Waals surface area contributed by atoms with Gasteiger partial charge in [0.15, 0.2) is 0 Å². The highest BCUT2D eigenvalue weighted by Gasteiger charge is 2.31. The first-order chi connectivity index (χ1) is 8.74. The van der Waals surface area contributed by atoms with E-state index in [1.54, 1.807) is 0 Å². The Morgan fingerprint density at radius 3 is 2.39 bits per heavy atom. The van der Waals surface area contributed by atoms with Gasteiger partial charge >= 0.3 is 0 Å². The highest BCUT2D eigenvalue weighted by molar-refractivity contribution is 5.80. The maximum Gasteiger partial charge on any atom is 0.224 e. The molecule has 1 saturated carbocycles. The van der Waals surface area contributed by atoms with Crippen LogP contribution in [-0.4, -0.2) is 18.0 Å². The molecule has 0 heterocycles. The van der Waals surface area contributed by atoms with E-state index >= 15 is 0 Å². The van der Waals surface area contributed by atoms with E-state index in [0.29, 0.717) is 0 Å². The lowest BCUT2D eigenvalue weighted by Crippen LogP contribution is -2.46. The first kappa shape index (κ1) is 11.7. The molecule has 2 aliphatic rings. The topological polar surface area (TPSA) is 55.1 Å². The molecule has 1 fully saturated rings. The Balaban J connectivity index is 1.62. The van der Waals surface area contributed by atoms with Gasteiger partial charge in [-0.25, -0.2) is 0 Å². The molecule has 18 heavy (non-hydrogen) atoms. The minimum atomic E-state index is 0.107. The highest BCUT2D eigenvalue weighted by atomic mass is 16.1. The van der Waals surface area contributed by atoms with Gasteiger partial charge in [-0.05, 0) is 43.2 Å². The summed E-state index contributed by atoms with van der Waals surface area (Å²) in [5.41, 5.74) is 8.65. The zero-order chi connectivity index (χ0) is 12.5. The van der Waals surface area contributed by atoms with Gasteiger partial charge in [0.1, 0.15) is 0 Å². The van der Waals surface area contributed by atoms with E-state index < -0.39 is 0 Å². The van der Waals surface area contributed by atoms with Gasteiger partial charge in [0.25, 0.3) is 0 Å². The van der Waals surface area contributed by atoms with Gasteiger partial charge in [-0.1, -0.05) is 24.3 Å². The van der Waals surface area contributed by atoms with Crippen LogP contribution in [0, 0.1) is 5.92 Å². The molecule has 1 aromatic carbocycles. The number of hydrogen-bond donors (Lipinski definition) is 2. The highest BCUT2D eigenvalue weighted by Crippen LogP contribution is 2.27. The normalized spacial score (nSPS) is 27.2. The second-order valence-corrected chi connectivity index (χ2v) is 5.58. The van der Waals surface area contributed by atoms with E-state index in [4.69, 9.17) is 5.73 Å². The Bertz CT molecular complexity index is 433.